The molecule has 0 saturated heterocycles. The molecule has 3 N–H and O–H groups in total. The van der Waals surface area contributed by atoms with Crippen LogP contribution in [0, 0.1) is 31.0 Å². The van der Waals surface area contributed by atoms with Crippen molar-refractivity contribution in [3.05, 3.63) is 117 Å². The molecule has 1 atom stereocenters. The molecular formula is C30H27FN4O2S. The van der Waals surface area contributed by atoms with E-state index in [-0.39, 0.29) is 28.4 Å². The maximum atomic E-state index is 15.1. The van der Waals surface area contributed by atoms with Gasteiger partial charge in [-0.25, -0.2) is 4.39 Å². The van der Waals surface area contributed by atoms with Gasteiger partial charge < -0.3 is 16.0 Å². The van der Waals surface area contributed by atoms with Crippen LogP contribution in [0.2, 0.25) is 0 Å². The third-order valence-electron chi connectivity index (χ3n) is 6.18. The van der Waals surface area contributed by atoms with E-state index in [0.29, 0.717) is 22.1 Å². The summed E-state index contributed by atoms with van der Waals surface area (Å²) in [7, 11) is 0. The van der Waals surface area contributed by atoms with Crippen LogP contribution in [-0.2, 0) is 9.59 Å². The second-order valence-corrected chi connectivity index (χ2v) is 9.93. The highest BCUT2D eigenvalue weighted by molar-refractivity contribution is 8.03. The van der Waals surface area contributed by atoms with E-state index in [2.05, 4.69) is 22.0 Å². The summed E-state index contributed by atoms with van der Waals surface area (Å²) < 4.78 is 15.1. The zero-order valence-electron chi connectivity index (χ0n) is 21.3. The van der Waals surface area contributed by atoms with Crippen LogP contribution in [0.5, 0.6) is 0 Å². The van der Waals surface area contributed by atoms with Gasteiger partial charge in [0.2, 0.25) is 5.91 Å². The summed E-state index contributed by atoms with van der Waals surface area (Å²) in [6, 6.07) is 23.1. The second kappa shape index (κ2) is 11.8. The Bertz CT molecular complexity index is 1490. The van der Waals surface area contributed by atoms with Crippen molar-refractivity contribution in [2.24, 2.45) is 0 Å². The van der Waals surface area contributed by atoms with Gasteiger partial charge in [0.05, 0.1) is 28.3 Å². The van der Waals surface area contributed by atoms with Crippen molar-refractivity contribution in [3.63, 3.8) is 0 Å². The van der Waals surface area contributed by atoms with Crippen LogP contribution in [0.1, 0.15) is 29.5 Å². The quantitative estimate of drug-likeness (QED) is 0.343. The molecule has 0 saturated carbocycles. The van der Waals surface area contributed by atoms with Crippen molar-refractivity contribution in [2.75, 3.05) is 16.4 Å². The van der Waals surface area contributed by atoms with E-state index in [1.807, 2.05) is 56.3 Å². The van der Waals surface area contributed by atoms with E-state index in [9.17, 15) is 14.9 Å². The van der Waals surface area contributed by atoms with Crippen LogP contribution in [0.4, 0.5) is 15.8 Å². The van der Waals surface area contributed by atoms with Crippen LogP contribution in [0.25, 0.3) is 0 Å². The summed E-state index contributed by atoms with van der Waals surface area (Å²) in [5.41, 5.74) is 4.34. The molecule has 192 valence electrons. The number of benzene rings is 3. The molecule has 0 spiro atoms. The first-order chi connectivity index (χ1) is 18.3. The van der Waals surface area contributed by atoms with Gasteiger partial charge in [-0.05, 0) is 50.6 Å². The lowest BCUT2D eigenvalue weighted by Gasteiger charge is -2.30. The Hall–Kier alpha value is -4.35. The molecular weight excluding hydrogens is 499 g/mol. The Labute approximate surface area is 225 Å². The monoisotopic (exact) mass is 526 g/mol. The lowest BCUT2D eigenvalue weighted by molar-refractivity contribution is -0.114. The van der Waals surface area contributed by atoms with Gasteiger partial charge in [-0.1, -0.05) is 65.9 Å². The highest BCUT2D eigenvalue weighted by Crippen LogP contribution is 2.41. The predicted molar refractivity (Wildman–Crippen MR) is 150 cm³/mol. The summed E-state index contributed by atoms with van der Waals surface area (Å²) in [5.74, 6) is -2.15. The van der Waals surface area contributed by atoms with E-state index in [1.165, 1.54) is 6.07 Å². The number of allylic oxidation sites excluding steroid dienone is 2. The molecule has 0 bridgehead atoms. The van der Waals surface area contributed by atoms with E-state index in [4.69, 9.17) is 0 Å². The average molecular weight is 527 g/mol. The van der Waals surface area contributed by atoms with Crippen molar-refractivity contribution >= 4 is 35.0 Å². The van der Waals surface area contributed by atoms with Crippen molar-refractivity contribution in [2.45, 2.75) is 26.7 Å². The van der Waals surface area contributed by atoms with Crippen LogP contribution in [0.15, 0.2) is 94.7 Å². The SMILES string of the molecule is CC1=C(C(=O)Nc2ccccc2C)[C@H](c2ccccc2F)C(C#N)=C(SCC(=O)Nc2ccc(C)cc2)N1. The fourth-order valence-corrected chi connectivity index (χ4v) is 5.11. The topological polar surface area (TPSA) is 94.0 Å². The van der Waals surface area contributed by atoms with Gasteiger partial charge in [0.25, 0.3) is 5.91 Å². The number of para-hydroxylation sites is 1. The fraction of sp³-hybridized carbons (Fsp3) is 0.167. The number of hydrogen-bond donors (Lipinski definition) is 3. The molecule has 0 aliphatic carbocycles. The lowest BCUT2D eigenvalue weighted by atomic mass is 9.82. The fourth-order valence-electron chi connectivity index (χ4n) is 4.22. The second-order valence-electron chi connectivity index (χ2n) is 8.94. The van der Waals surface area contributed by atoms with Crippen LogP contribution in [0.3, 0.4) is 0 Å². The molecule has 0 aromatic heterocycles. The number of hydrogen-bond acceptors (Lipinski definition) is 5. The molecule has 4 rings (SSSR count). The first-order valence-corrected chi connectivity index (χ1v) is 13.0. The summed E-state index contributed by atoms with van der Waals surface area (Å²) in [4.78, 5) is 26.2. The number of carbonyl (C=O) groups excluding carboxylic acids is 2. The molecule has 1 heterocycles. The minimum atomic E-state index is -0.950. The summed E-state index contributed by atoms with van der Waals surface area (Å²) >= 11 is 1.13. The largest absolute Gasteiger partial charge is 0.353 e. The number of aryl methyl sites for hydroxylation is 2. The Morgan fingerprint density at radius 3 is 2.34 bits per heavy atom. The maximum absolute atomic E-state index is 15.1. The van der Waals surface area contributed by atoms with Crippen LogP contribution < -0.4 is 16.0 Å². The highest BCUT2D eigenvalue weighted by Gasteiger charge is 2.36. The van der Waals surface area contributed by atoms with Crippen LogP contribution in [-0.4, -0.2) is 17.6 Å². The number of nitrogens with one attached hydrogen (secondary N) is 3. The normalized spacial score (nSPS) is 15.0. The number of rotatable bonds is 7. The smallest absolute Gasteiger partial charge is 0.254 e. The van der Waals surface area contributed by atoms with E-state index in [0.717, 1.165) is 22.9 Å². The minimum Gasteiger partial charge on any atom is -0.353 e. The van der Waals surface area contributed by atoms with Gasteiger partial charge in [0, 0.05) is 28.2 Å². The summed E-state index contributed by atoms with van der Waals surface area (Å²) in [6.07, 6.45) is 0. The first kappa shape index (κ1) is 26.7. The Morgan fingerprint density at radius 1 is 0.974 bits per heavy atom. The molecule has 0 radical (unpaired) electrons. The number of carbonyl (C=O) groups is 2. The van der Waals surface area contributed by atoms with Crippen molar-refractivity contribution < 1.29 is 14.0 Å². The zero-order chi connectivity index (χ0) is 27.2. The maximum Gasteiger partial charge on any atom is 0.254 e. The molecule has 8 heteroatoms. The van der Waals surface area contributed by atoms with Gasteiger partial charge in [-0.2, -0.15) is 5.26 Å². The number of thioether (sulfide) groups is 1. The molecule has 38 heavy (non-hydrogen) atoms. The number of anilines is 2. The molecule has 0 fully saturated rings. The van der Waals surface area contributed by atoms with E-state index < -0.39 is 17.6 Å². The van der Waals surface area contributed by atoms with Gasteiger partial charge in [-0.15, -0.1) is 0 Å². The van der Waals surface area contributed by atoms with E-state index >= 15 is 4.39 Å². The van der Waals surface area contributed by atoms with Gasteiger partial charge in [0.1, 0.15) is 5.82 Å². The third kappa shape index (κ3) is 5.96. The van der Waals surface area contributed by atoms with Crippen LogP contribution >= 0.6 is 11.8 Å². The molecule has 6 nitrogen and oxygen atoms in total. The molecule has 2 amide bonds. The lowest BCUT2D eigenvalue weighted by Crippen LogP contribution is -2.31. The first-order valence-electron chi connectivity index (χ1n) is 12.0. The Kier molecular flexibility index (Phi) is 8.29. The molecule has 3 aromatic carbocycles. The Morgan fingerprint density at radius 2 is 1.66 bits per heavy atom. The average Bonchev–Trinajstić information content (AvgIpc) is 2.90. The summed E-state index contributed by atoms with van der Waals surface area (Å²) in [5, 5.41) is 19.5. The highest BCUT2D eigenvalue weighted by atomic mass is 32.2. The van der Waals surface area contributed by atoms with Crippen molar-refractivity contribution in [3.8, 4) is 6.07 Å². The Balaban J connectivity index is 1.65. The van der Waals surface area contributed by atoms with Crippen molar-refractivity contribution in [1.82, 2.24) is 5.32 Å². The van der Waals surface area contributed by atoms with Gasteiger partial charge in [0.15, 0.2) is 0 Å². The predicted octanol–water partition coefficient (Wildman–Crippen LogP) is 6.15. The zero-order valence-corrected chi connectivity index (χ0v) is 22.1. The molecule has 3 aromatic rings. The van der Waals surface area contributed by atoms with Gasteiger partial charge in [-0.3, -0.25) is 9.59 Å². The van der Waals surface area contributed by atoms with E-state index in [1.54, 1.807) is 31.2 Å². The van der Waals surface area contributed by atoms with Crippen molar-refractivity contribution in [1.29, 1.82) is 5.26 Å². The molecule has 1 aliphatic heterocycles. The number of nitriles is 1. The number of halogens is 1. The molecule has 0 unspecified atom stereocenters. The minimum absolute atomic E-state index is 0.0173. The van der Waals surface area contributed by atoms with Gasteiger partial charge >= 0.3 is 0 Å². The third-order valence-corrected chi connectivity index (χ3v) is 7.20. The number of nitrogens with zero attached hydrogens (tertiary/aromatic N) is 1. The summed E-state index contributed by atoms with van der Waals surface area (Å²) in [6.45, 7) is 5.55. The molecule has 1 aliphatic rings. The number of dihydropyridines is 1. The number of amides is 2. The standard InChI is InChI=1S/C30H27FN4O2S/c1-18-12-14-21(15-13-18)34-26(36)17-38-30-23(16-32)28(22-9-5-6-10-24(22)31)27(20(3)33-30)29(37)35-25-11-7-4-8-19(25)2/h4-15,28,33H,17H2,1-3H3,(H,34,36)(H,35,37)/t28-/m1/s1.